The molecule has 0 N–H and O–H groups in total. The molecule has 102 valence electrons. The zero-order valence-corrected chi connectivity index (χ0v) is 11.7. The zero-order chi connectivity index (χ0) is 13.8. The highest BCUT2D eigenvalue weighted by Crippen LogP contribution is 2.43. The monoisotopic (exact) mass is 283 g/mol. The van der Waals surface area contributed by atoms with E-state index in [9.17, 15) is 0 Å². The van der Waals surface area contributed by atoms with Crippen LogP contribution in [0.25, 0.3) is 11.5 Å². The Labute approximate surface area is 116 Å². The first-order valence-electron chi connectivity index (χ1n) is 5.54. The molecule has 0 saturated heterocycles. The Morgan fingerprint density at radius 1 is 1.11 bits per heavy atom. The van der Waals surface area contributed by atoms with Gasteiger partial charge < -0.3 is 18.6 Å². The van der Waals surface area contributed by atoms with E-state index in [2.05, 4.69) is 4.98 Å². The molecule has 0 radical (unpaired) electrons. The average Bonchev–Trinajstić information content (AvgIpc) is 2.94. The summed E-state index contributed by atoms with van der Waals surface area (Å²) >= 11 is 5.71. The molecule has 0 aliphatic heterocycles. The molecule has 5 nitrogen and oxygen atoms in total. The first-order chi connectivity index (χ1) is 9.24. The lowest BCUT2D eigenvalue weighted by molar-refractivity contribution is 0.324. The largest absolute Gasteiger partial charge is 0.493 e. The summed E-state index contributed by atoms with van der Waals surface area (Å²) in [4.78, 5) is 4.26. The van der Waals surface area contributed by atoms with Gasteiger partial charge in [-0.2, -0.15) is 0 Å². The van der Waals surface area contributed by atoms with Crippen molar-refractivity contribution >= 4 is 11.6 Å². The summed E-state index contributed by atoms with van der Waals surface area (Å²) < 4.78 is 21.3. The second kappa shape index (κ2) is 5.84. The van der Waals surface area contributed by atoms with Crippen molar-refractivity contribution in [3.05, 3.63) is 24.1 Å². The highest BCUT2D eigenvalue weighted by molar-refractivity contribution is 6.16. The van der Waals surface area contributed by atoms with Crippen molar-refractivity contribution in [1.82, 2.24) is 4.98 Å². The van der Waals surface area contributed by atoms with Gasteiger partial charge in [0.25, 0.3) is 0 Å². The highest BCUT2D eigenvalue weighted by atomic mass is 35.5. The van der Waals surface area contributed by atoms with Crippen LogP contribution in [-0.4, -0.2) is 26.3 Å². The standard InChI is InChI=1S/C13H14ClNO4/c1-16-10-5-4-9(11(17-2)12(10)18-3)13-15-8(6-14)7-19-13/h4-5,7H,6H2,1-3H3. The minimum atomic E-state index is 0.291. The Morgan fingerprint density at radius 2 is 1.84 bits per heavy atom. The van der Waals surface area contributed by atoms with Crippen molar-refractivity contribution in [3.63, 3.8) is 0 Å². The van der Waals surface area contributed by atoms with Gasteiger partial charge in [0, 0.05) is 0 Å². The molecule has 2 aromatic rings. The van der Waals surface area contributed by atoms with E-state index in [4.69, 9.17) is 30.2 Å². The predicted molar refractivity (Wildman–Crippen MR) is 71.2 cm³/mol. The maximum absolute atomic E-state index is 5.71. The average molecular weight is 284 g/mol. The van der Waals surface area contributed by atoms with Crippen LogP contribution in [0.3, 0.4) is 0 Å². The van der Waals surface area contributed by atoms with E-state index in [1.165, 1.54) is 6.26 Å². The van der Waals surface area contributed by atoms with Gasteiger partial charge >= 0.3 is 0 Å². The molecule has 0 amide bonds. The van der Waals surface area contributed by atoms with Gasteiger partial charge in [-0.25, -0.2) is 4.98 Å². The van der Waals surface area contributed by atoms with Crippen molar-refractivity contribution in [2.24, 2.45) is 0 Å². The van der Waals surface area contributed by atoms with Gasteiger partial charge in [-0.3, -0.25) is 0 Å². The van der Waals surface area contributed by atoms with Crippen LogP contribution in [0, 0.1) is 0 Å². The van der Waals surface area contributed by atoms with Gasteiger partial charge in [0.05, 0.1) is 38.5 Å². The van der Waals surface area contributed by atoms with Gasteiger partial charge in [0.15, 0.2) is 11.5 Å². The van der Waals surface area contributed by atoms with Crippen LogP contribution in [0.15, 0.2) is 22.8 Å². The number of nitrogens with zero attached hydrogens (tertiary/aromatic N) is 1. The highest BCUT2D eigenvalue weighted by Gasteiger charge is 2.20. The molecule has 19 heavy (non-hydrogen) atoms. The molecule has 1 heterocycles. The third kappa shape index (κ3) is 2.46. The zero-order valence-electron chi connectivity index (χ0n) is 10.9. The lowest BCUT2D eigenvalue weighted by Crippen LogP contribution is -1.97. The minimum absolute atomic E-state index is 0.291. The summed E-state index contributed by atoms with van der Waals surface area (Å²) in [5.74, 6) is 2.29. The number of hydrogen-bond donors (Lipinski definition) is 0. The van der Waals surface area contributed by atoms with Gasteiger partial charge in [-0.05, 0) is 12.1 Å². The Hall–Kier alpha value is -1.88. The number of oxazole rings is 1. The van der Waals surface area contributed by atoms with Crippen molar-refractivity contribution < 1.29 is 18.6 Å². The second-order valence-electron chi connectivity index (χ2n) is 3.66. The van der Waals surface area contributed by atoms with Gasteiger partial charge in [-0.1, -0.05) is 0 Å². The lowest BCUT2D eigenvalue weighted by atomic mass is 10.1. The molecule has 0 atom stereocenters. The van der Waals surface area contributed by atoms with Gasteiger partial charge in [-0.15, -0.1) is 11.6 Å². The Morgan fingerprint density at radius 3 is 2.37 bits per heavy atom. The van der Waals surface area contributed by atoms with Gasteiger partial charge in [0.1, 0.15) is 6.26 Å². The molecule has 0 aliphatic rings. The van der Waals surface area contributed by atoms with Crippen molar-refractivity contribution in [3.8, 4) is 28.7 Å². The molecule has 0 bridgehead atoms. The fourth-order valence-electron chi connectivity index (χ4n) is 1.76. The maximum atomic E-state index is 5.71. The topological polar surface area (TPSA) is 53.7 Å². The van der Waals surface area contributed by atoms with Crippen LogP contribution in [0.2, 0.25) is 0 Å². The van der Waals surface area contributed by atoms with Crippen molar-refractivity contribution in [1.29, 1.82) is 0 Å². The van der Waals surface area contributed by atoms with Crippen molar-refractivity contribution in [2.45, 2.75) is 5.88 Å². The molecular formula is C13H14ClNO4. The van der Waals surface area contributed by atoms with E-state index < -0.39 is 0 Å². The van der Waals surface area contributed by atoms with Crippen LogP contribution >= 0.6 is 11.6 Å². The number of benzene rings is 1. The quantitative estimate of drug-likeness (QED) is 0.789. The smallest absolute Gasteiger partial charge is 0.230 e. The normalized spacial score (nSPS) is 10.3. The van der Waals surface area contributed by atoms with Crippen molar-refractivity contribution in [2.75, 3.05) is 21.3 Å². The number of ether oxygens (including phenoxy) is 3. The summed E-state index contributed by atoms with van der Waals surface area (Å²) in [6.45, 7) is 0. The Bertz CT molecular complexity index is 568. The summed E-state index contributed by atoms with van der Waals surface area (Å²) in [6.07, 6.45) is 1.51. The van der Waals surface area contributed by atoms with Crippen LogP contribution in [0.5, 0.6) is 17.2 Å². The maximum Gasteiger partial charge on any atom is 0.230 e. The number of rotatable bonds is 5. The number of aromatic nitrogens is 1. The predicted octanol–water partition coefficient (Wildman–Crippen LogP) is 3.11. The summed E-state index contributed by atoms with van der Waals surface area (Å²) in [6, 6.07) is 3.56. The molecule has 2 rings (SSSR count). The van der Waals surface area contributed by atoms with E-state index in [1.54, 1.807) is 33.5 Å². The first kappa shape index (κ1) is 13.5. The third-order valence-corrected chi connectivity index (χ3v) is 2.90. The summed E-state index contributed by atoms with van der Waals surface area (Å²) in [7, 11) is 4.66. The van der Waals surface area contributed by atoms with Crippen LogP contribution in [-0.2, 0) is 5.88 Å². The first-order valence-corrected chi connectivity index (χ1v) is 6.08. The SMILES string of the molecule is COc1ccc(-c2nc(CCl)co2)c(OC)c1OC. The van der Waals surface area contributed by atoms with E-state index in [1.807, 2.05) is 0 Å². The summed E-state index contributed by atoms with van der Waals surface area (Å²) in [5, 5.41) is 0. The molecule has 0 saturated carbocycles. The molecule has 0 fully saturated rings. The third-order valence-electron chi connectivity index (χ3n) is 2.62. The molecule has 1 aromatic carbocycles. The van der Waals surface area contributed by atoms with Crippen LogP contribution in [0.1, 0.15) is 5.69 Å². The Balaban J connectivity index is 2.56. The minimum Gasteiger partial charge on any atom is -0.493 e. The summed E-state index contributed by atoms with van der Waals surface area (Å²) in [5.41, 5.74) is 1.34. The number of methoxy groups -OCH3 is 3. The second-order valence-corrected chi connectivity index (χ2v) is 3.93. The van der Waals surface area contributed by atoms with E-state index in [-0.39, 0.29) is 0 Å². The number of hydrogen-bond acceptors (Lipinski definition) is 5. The van der Waals surface area contributed by atoms with E-state index in [0.29, 0.717) is 40.3 Å². The Kier molecular flexibility index (Phi) is 4.16. The fraction of sp³-hybridized carbons (Fsp3) is 0.308. The lowest BCUT2D eigenvalue weighted by Gasteiger charge is -2.13. The fourth-order valence-corrected chi connectivity index (χ4v) is 1.88. The van der Waals surface area contributed by atoms with Gasteiger partial charge in [0.2, 0.25) is 11.6 Å². The molecular weight excluding hydrogens is 270 g/mol. The van der Waals surface area contributed by atoms with Crippen LogP contribution < -0.4 is 14.2 Å². The molecule has 0 aliphatic carbocycles. The van der Waals surface area contributed by atoms with E-state index in [0.717, 1.165) is 0 Å². The van der Waals surface area contributed by atoms with Crippen LogP contribution in [0.4, 0.5) is 0 Å². The number of halogens is 1. The molecule has 6 heteroatoms. The van der Waals surface area contributed by atoms with E-state index >= 15 is 0 Å². The molecule has 1 aromatic heterocycles. The molecule has 0 unspecified atom stereocenters. The molecule has 0 spiro atoms. The number of alkyl halides is 1.